The number of carbonyl (C=O) groups excluding carboxylic acids is 3. The zero-order valence-corrected chi connectivity index (χ0v) is 48.8. The van der Waals surface area contributed by atoms with E-state index in [2.05, 4.69) is 130 Å². The Morgan fingerprint density at radius 1 is 0.280 bits per heavy atom. The molecule has 0 aromatic carbocycles. The molecule has 0 aromatic rings. The average molecular weight is 1040 g/mol. The fourth-order valence-electron chi connectivity index (χ4n) is 8.40. The third kappa shape index (κ3) is 60.6. The van der Waals surface area contributed by atoms with Crippen LogP contribution < -0.4 is 0 Å². The predicted octanol–water partition coefficient (Wildman–Crippen LogP) is 21.2. The summed E-state index contributed by atoms with van der Waals surface area (Å²) >= 11 is 0. The summed E-state index contributed by atoms with van der Waals surface area (Å²) in [4.78, 5) is 38.2. The fourth-order valence-corrected chi connectivity index (χ4v) is 8.40. The van der Waals surface area contributed by atoms with Crippen molar-refractivity contribution >= 4 is 17.9 Å². The number of allylic oxidation sites excluding steroid dienone is 20. The summed E-state index contributed by atoms with van der Waals surface area (Å²) in [6.07, 6.45) is 86.5. The summed E-state index contributed by atoms with van der Waals surface area (Å²) in [6, 6.07) is 0. The first-order valence-corrected chi connectivity index (χ1v) is 31.0. The van der Waals surface area contributed by atoms with Gasteiger partial charge in [-0.05, 0) is 96.3 Å². The molecule has 0 fully saturated rings. The fraction of sp³-hybridized carbons (Fsp3) is 0.667. The highest BCUT2D eigenvalue weighted by Crippen LogP contribution is 2.16. The molecule has 0 aromatic heterocycles. The van der Waals surface area contributed by atoms with Crippen molar-refractivity contribution in [3.8, 4) is 0 Å². The Morgan fingerprint density at radius 3 is 0.867 bits per heavy atom. The van der Waals surface area contributed by atoms with Crippen molar-refractivity contribution in [1.29, 1.82) is 0 Å². The quantitative estimate of drug-likeness (QED) is 0.0261. The number of hydrogen-bond acceptors (Lipinski definition) is 6. The van der Waals surface area contributed by atoms with Crippen LogP contribution in [0.25, 0.3) is 0 Å². The van der Waals surface area contributed by atoms with E-state index in [1.807, 2.05) is 12.2 Å². The van der Waals surface area contributed by atoms with Crippen LogP contribution in [0.4, 0.5) is 0 Å². The van der Waals surface area contributed by atoms with Crippen molar-refractivity contribution in [3.05, 3.63) is 122 Å². The van der Waals surface area contributed by atoms with Crippen LogP contribution in [-0.2, 0) is 28.6 Å². The number of rotatable bonds is 55. The Labute approximate surface area is 462 Å². The van der Waals surface area contributed by atoms with E-state index in [0.717, 1.165) is 96.3 Å². The van der Waals surface area contributed by atoms with Crippen LogP contribution in [0, 0.1) is 0 Å². The van der Waals surface area contributed by atoms with E-state index < -0.39 is 12.1 Å². The molecule has 6 heteroatoms. The maximum atomic E-state index is 12.9. The Bertz CT molecular complexity index is 1570. The zero-order chi connectivity index (χ0) is 54.3. The van der Waals surface area contributed by atoms with Gasteiger partial charge in [0.25, 0.3) is 0 Å². The average Bonchev–Trinajstić information content (AvgIpc) is 3.41. The smallest absolute Gasteiger partial charge is 0.306 e. The second-order valence-corrected chi connectivity index (χ2v) is 20.2. The summed E-state index contributed by atoms with van der Waals surface area (Å²) in [5.41, 5.74) is 0. The number of ether oxygens (including phenoxy) is 3. The molecule has 75 heavy (non-hydrogen) atoms. The third-order valence-electron chi connectivity index (χ3n) is 13.0. The van der Waals surface area contributed by atoms with E-state index in [4.69, 9.17) is 14.2 Å². The summed E-state index contributed by atoms with van der Waals surface area (Å²) in [5.74, 6) is -1.05. The third-order valence-corrected chi connectivity index (χ3v) is 13.0. The molecule has 0 radical (unpaired) electrons. The molecule has 0 aliphatic carbocycles. The normalized spacial score (nSPS) is 12.9. The van der Waals surface area contributed by atoms with Gasteiger partial charge in [-0.15, -0.1) is 0 Å². The molecule has 0 heterocycles. The SMILES string of the molecule is CC/C=C\C/C=C\C/C=C\C/C=C\C/C=C\C/C=C\CCC(=O)OC(COC(=O)CCCC/C=C\C/C=C\C/C=C\C/C=C\CC)COC(=O)CCCCCCCCCCCCCCCCCCCCCCCCC. The van der Waals surface area contributed by atoms with E-state index in [1.54, 1.807) is 0 Å². The molecular weight excluding hydrogens is 925 g/mol. The lowest BCUT2D eigenvalue weighted by molar-refractivity contribution is -0.166. The lowest BCUT2D eigenvalue weighted by Gasteiger charge is -2.18. The Kier molecular flexibility index (Phi) is 58.9. The minimum atomic E-state index is -0.838. The molecule has 1 unspecified atom stereocenters. The Morgan fingerprint density at radius 2 is 0.547 bits per heavy atom. The first kappa shape index (κ1) is 70.8. The van der Waals surface area contributed by atoms with E-state index in [9.17, 15) is 14.4 Å². The van der Waals surface area contributed by atoms with Gasteiger partial charge in [-0.1, -0.05) is 284 Å². The van der Waals surface area contributed by atoms with Crippen LogP contribution in [0.2, 0.25) is 0 Å². The second-order valence-electron chi connectivity index (χ2n) is 20.2. The van der Waals surface area contributed by atoms with E-state index >= 15 is 0 Å². The van der Waals surface area contributed by atoms with E-state index in [1.165, 1.54) is 128 Å². The summed E-state index contributed by atoms with van der Waals surface area (Å²) in [6.45, 7) is 6.33. The van der Waals surface area contributed by atoms with Gasteiger partial charge in [-0.25, -0.2) is 0 Å². The van der Waals surface area contributed by atoms with Gasteiger partial charge in [0.15, 0.2) is 6.10 Å². The van der Waals surface area contributed by atoms with Crippen LogP contribution in [0.15, 0.2) is 122 Å². The van der Waals surface area contributed by atoms with Gasteiger partial charge < -0.3 is 14.2 Å². The van der Waals surface area contributed by atoms with Crippen molar-refractivity contribution in [2.45, 2.75) is 284 Å². The predicted molar refractivity (Wildman–Crippen MR) is 325 cm³/mol. The van der Waals surface area contributed by atoms with Crippen LogP contribution in [0.1, 0.15) is 278 Å². The van der Waals surface area contributed by atoms with Gasteiger partial charge in [0, 0.05) is 19.3 Å². The van der Waals surface area contributed by atoms with Crippen molar-refractivity contribution < 1.29 is 28.6 Å². The van der Waals surface area contributed by atoms with Crippen molar-refractivity contribution in [2.75, 3.05) is 13.2 Å². The van der Waals surface area contributed by atoms with Gasteiger partial charge in [0.2, 0.25) is 0 Å². The van der Waals surface area contributed by atoms with Gasteiger partial charge >= 0.3 is 17.9 Å². The highest BCUT2D eigenvalue weighted by molar-refractivity contribution is 5.71. The molecule has 426 valence electrons. The molecule has 0 rings (SSSR count). The summed E-state index contributed by atoms with van der Waals surface area (Å²) in [5, 5.41) is 0. The Hall–Kier alpha value is -4.19. The molecule has 1 atom stereocenters. The molecule has 0 amide bonds. The number of unbranched alkanes of at least 4 members (excludes halogenated alkanes) is 24. The van der Waals surface area contributed by atoms with Gasteiger partial charge in [-0.3, -0.25) is 14.4 Å². The van der Waals surface area contributed by atoms with Gasteiger partial charge in [0.05, 0.1) is 0 Å². The molecule has 0 N–H and O–H groups in total. The molecule has 0 aliphatic heterocycles. The minimum Gasteiger partial charge on any atom is -0.462 e. The Balaban J connectivity index is 4.47. The second kappa shape index (κ2) is 62.4. The van der Waals surface area contributed by atoms with E-state index in [-0.39, 0.29) is 38.0 Å². The zero-order valence-electron chi connectivity index (χ0n) is 48.8. The highest BCUT2D eigenvalue weighted by atomic mass is 16.6. The summed E-state index contributed by atoms with van der Waals surface area (Å²) in [7, 11) is 0. The maximum Gasteiger partial charge on any atom is 0.306 e. The van der Waals surface area contributed by atoms with E-state index in [0.29, 0.717) is 19.3 Å². The molecule has 0 aliphatic rings. The first-order valence-electron chi connectivity index (χ1n) is 31.0. The van der Waals surface area contributed by atoms with Gasteiger partial charge in [-0.2, -0.15) is 0 Å². The molecule has 0 saturated carbocycles. The topological polar surface area (TPSA) is 78.9 Å². The van der Waals surface area contributed by atoms with Crippen molar-refractivity contribution in [1.82, 2.24) is 0 Å². The monoisotopic (exact) mass is 1040 g/mol. The largest absolute Gasteiger partial charge is 0.462 e. The number of hydrogen-bond donors (Lipinski definition) is 0. The number of carbonyl (C=O) groups is 3. The first-order chi connectivity index (χ1) is 37.0. The number of esters is 3. The standard InChI is InChI=1S/C69H114O6/c1-4-7-10-13-16-19-22-25-28-30-32-33-34-35-37-38-41-44-47-50-53-56-59-62-68(71)74-65-66(64-73-67(70)61-58-55-52-49-46-43-40-27-24-21-18-15-12-9-6-3)75-69(72)63-60-57-54-51-48-45-42-39-36-31-29-26-23-20-17-14-11-8-5-2/h8-9,11-12,17-18,20-21,26-27,29,36,39-40,45-46,48-49,54,57,66H,4-7,10,13-16,19,22-25,28,30-35,37-38,41-44,47,50-53,55-56,58-65H2,1-3H3/b11-8-,12-9-,20-17-,21-18-,29-26-,39-36-,40-27-,48-45-,49-46-,57-54-. The molecule has 0 saturated heterocycles. The van der Waals surface area contributed by atoms with Crippen LogP contribution in [0.3, 0.4) is 0 Å². The summed E-state index contributed by atoms with van der Waals surface area (Å²) < 4.78 is 16.8. The van der Waals surface area contributed by atoms with Gasteiger partial charge in [0.1, 0.15) is 13.2 Å². The molecule has 6 nitrogen and oxygen atoms in total. The van der Waals surface area contributed by atoms with Crippen LogP contribution in [0.5, 0.6) is 0 Å². The van der Waals surface area contributed by atoms with Crippen LogP contribution in [-0.4, -0.2) is 37.2 Å². The molecular formula is C69H114O6. The van der Waals surface area contributed by atoms with Crippen LogP contribution >= 0.6 is 0 Å². The highest BCUT2D eigenvalue weighted by Gasteiger charge is 2.19. The lowest BCUT2D eigenvalue weighted by atomic mass is 10.0. The van der Waals surface area contributed by atoms with Crippen molar-refractivity contribution in [3.63, 3.8) is 0 Å². The minimum absolute atomic E-state index is 0.122. The maximum absolute atomic E-state index is 12.9. The van der Waals surface area contributed by atoms with Crippen molar-refractivity contribution in [2.24, 2.45) is 0 Å². The molecule has 0 spiro atoms. The lowest BCUT2D eigenvalue weighted by Crippen LogP contribution is -2.30. The molecule has 0 bridgehead atoms.